The fourth-order valence-corrected chi connectivity index (χ4v) is 4.23. The summed E-state index contributed by atoms with van der Waals surface area (Å²) < 4.78 is 25.5. The van der Waals surface area contributed by atoms with Crippen molar-refractivity contribution in [3.63, 3.8) is 0 Å². The molecule has 0 aliphatic carbocycles. The van der Waals surface area contributed by atoms with Crippen molar-refractivity contribution in [2.45, 2.75) is 18.2 Å². The molecule has 136 valence electrons. The van der Waals surface area contributed by atoms with Gasteiger partial charge >= 0.3 is 0 Å². The number of thiophene rings is 1. The molecule has 1 aromatic heterocycles. The van der Waals surface area contributed by atoms with Gasteiger partial charge in [-0.1, -0.05) is 22.0 Å². The Labute approximate surface area is 161 Å². The highest BCUT2D eigenvalue weighted by Crippen LogP contribution is 2.15. The number of sulfone groups is 1. The van der Waals surface area contributed by atoms with E-state index in [1.807, 2.05) is 13.0 Å². The average molecular weight is 444 g/mol. The topological polar surface area (TPSA) is 70.6 Å². The summed E-state index contributed by atoms with van der Waals surface area (Å²) in [4.78, 5) is 6.00. The van der Waals surface area contributed by atoms with Gasteiger partial charge in [-0.05, 0) is 49.1 Å². The summed E-state index contributed by atoms with van der Waals surface area (Å²) in [7, 11) is -3.33. The fraction of sp³-hybridized carbons (Fsp3) is 0.353. The molecule has 25 heavy (non-hydrogen) atoms. The smallest absolute Gasteiger partial charge is 0.191 e. The number of rotatable bonds is 8. The third kappa shape index (κ3) is 6.80. The van der Waals surface area contributed by atoms with Crippen LogP contribution in [0.5, 0.6) is 0 Å². The highest BCUT2D eigenvalue weighted by atomic mass is 79.9. The number of aliphatic imine (C=N–C) groups is 1. The Kier molecular flexibility index (Phi) is 7.92. The SMILES string of the molecule is CCNC(=NCCS(=O)(=O)c1ccc(Br)cc1)NCCc1cccs1. The van der Waals surface area contributed by atoms with Crippen molar-refractivity contribution in [2.24, 2.45) is 4.99 Å². The van der Waals surface area contributed by atoms with E-state index in [9.17, 15) is 8.42 Å². The van der Waals surface area contributed by atoms with Crippen molar-refractivity contribution in [1.29, 1.82) is 0 Å². The minimum absolute atomic E-state index is 0.0177. The van der Waals surface area contributed by atoms with Crippen LogP contribution >= 0.6 is 27.3 Å². The summed E-state index contributed by atoms with van der Waals surface area (Å²) in [6, 6.07) is 10.8. The van der Waals surface area contributed by atoms with Gasteiger partial charge in [0.2, 0.25) is 0 Å². The molecule has 0 unspecified atom stereocenters. The summed E-state index contributed by atoms with van der Waals surface area (Å²) in [6.45, 7) is 3.68. The number of halogens is 1. The van der Waals surface area contributed by atoms with E-state index in [1.54, 1.807) is 35.6 Å². The Morgan fingerprint density at radius 3 is 2.60 bits per heavy atom. The second-order valence-corrected chi connectivity index (χ2v) is 9.35. The number of hydrogen-bond donors (Lipinski definition) is 2. The van der Waals surface area contributed by atoms with Crippen LogP contribution in [0.25, 0.3) is 0 Å². The lowest BCUT2D eigenvalue weighted by atomic mass is 10.3. The molecule has 0 atom stereocenters. The molecule has 0 radical (unpaired) electrons. The zero-order valence-electron chi connectivity index (χ0n) is 14.0. The molecular formula is C17H22BrN3O2S2. The van der Waals surface area contributed by atoms with Crippen molar-refractivity contribution < 1.29 is 8.42 Å². The zero-order chi connectivity index (χ0) is 18.1. The first-order chi connectivity index (χ1) is 12.0. The van der Waals surface area contributed by atoms with Gasteiger partial charge in [0.25, 0.3) is 0 Å². The van der Waals surface area contributed by atoms with Gasteiger partial charge in [-0.15, -0.1) is 11.3 Å². The number of nitrogens with zero attached hydrogens (tertiary/aromatic N) is 1. The second kappa shape index (κ2) is 9.94. The van der Waals surface area contributed by atoms with Crippen LogP contribution in [0.1, 0.15) is 11.8 Å². The molecular weight excluding hydrogens is 422 g/mol. The van der Waals surface area contributed by atoms with Crippen LogP contribution in [-0.2, 0) is 16.3 Å². The molecule has 2 aromatic rings. The highest BCUT2D eigenvalue weighted by Gasteiger charge is 2.13. The largest absolute Gasteiger partial charge is 0.357 e. The Morgan fingerprint density at radius 1 is 1.20 bits per heavy atom. The van der Waals surface area contributed by atoms with Crippen molar-refractivity contribution in [2.75, 3.05) is 25.4 Å². The number of hydrogen-bond acceptors (Lipinski definition) is 4. The molecule has 0 aliphatic heterocycles. The maximum atomic E-state index is 12.3. The van der Waals surface area contributed by atoms with E-state index in [-0.39, 0.29) is 12.3 Å². The van der Waals surface area contributed by atoms with Gasteiger partial charge in [0.15, 0.2) is 15.8 Å². The van der Waals surface area contributed by atoms with E-state index < -0.39 is 9.84 Å². The molecule has 0 aliphatic rings. The van der Waals surface area contributed by atoms with Crippen molar-refractivity contribution >= 4 is 43.1 Å². The molecule has 5 nitrogen and oxygen atoms in total. The lowest BCUT2D eigenvalue weighted by Gasteiger charge is -2.11. The molecule has 1 heterocycles. The van der Waals surface area contributed by atoms with E-state index in [0.29, 0.717) is 10.9 Å². The molecule has 0 saturated carbocycles. The lowest BCUT2D eigenvalue weighted by molar-refractivity contribution is 0.596. The van der Waals surface area contributed by atoms with Crippen molar-refractivity contribution in [1.82, 2.24) is 10.6 Å². The first-order valence-corrected chi connectivity index (χ1v) is 11.4. The minimum atomic E-state index is -3.33. The number of guanidine groups is 1. The van der Waals surface area contributed by atoms with Crippen LogP contribution in [0.2, 0.25) is 0 Å². The Bertz CT molecular complexity index is 773. The molecule has 0 amide bonds. The van der Waals surface area contributed by atoms with E-state index in [4.69, 9.17) is 0 Å². The molecule has 1 aromatic carbocycles. The highest BCUT2D eigenvalue weighted by molar-refractivity contribution is 9.10. The van der Waals surface area contributed by atoms with Gasteiger partial charge in [0, 0.05) is 22.4 Å². The maximum Gasteiger partial charge on any atom is 0.191 e. The molecule has 0 fully saturated rings. The van der Waals surface area contributed by atoms with Gasteiger partial charge in [0.1, 0.15) is 0 Å². The van der Waals surface area contributed by atoms with Crippen LogP contribution in [0.3, 0.4) is 0 Å². The quantitative estimate of drug-likeness (QED) is 0.485. The van der Waals surface area contributed by atoms with Crippen LogP contribution in [0.4, 0.5) is 0 Å². The summed E-state index contributed by atoms with van der Waals surface area (Å²) in [5.74, 6) is 0.626. The van der Waals surface area contributed by atoms with E-state index >= 15 is 0 Å². The first kappa shape index (κ1) is 19.9. The summed E-state index contributed by atoms with van der Waals surface area (Å²) in [5, 5.41) is 8.43. The molecule has 0 bridgehead atoms. The Hall–Kier alpha value is -1.38. The zero-order valence-corrected chi connectivity index (χ0v) is 17.3. The Morgan fingerprint density at radius 2 is 1.96 bits per heavy atom. The lowest BCUT2D eigenvalue weighted by Crippen LogP contribution is -2.38. The number of benzene rings is 1. The van der Waals surface area contributed by atoms with E-state index in [0.717, 1.165) is 24.0 Å². The van der Waals surface area contributed by atoms with Gasteiger partial charge in [-0.2, -0.15) is 0 Å². The fourth-order valence-electron chi connectivity index (χ4n) is 2.14. The third-order valence-electron chi connectivity index (χ3n) is 3.39. The molecule has 2 rings (SSSR count). The molecule has 8 heteroatoms. The second-order valence-electron chi connectivity index (χ2n) is 5.29. The van der Waals surface area contributed by atoms with E-state index in [2.05, 4.69) is 43.0 Å². The monoisotopic (exact) mass is 443 g/mol. The third-order valence-corrected chi connectivity index (χ3v) is 6.57. The predicted octanol–water partition coefficient (Wildman–Crippen LogP) is 3.08. The summed E-state index contributed by atoms with van der Waals surface area (Å²) in [5.41, 5.74) is 0. The minimum Gasteiger partial charge on any atom is -0.357 e. The molecule has 0 saturated heterocycles. The summed E-state index contributed by atoms with van der Waals surface area (Å²) in [6.07, 6.45) is 0.916. The molecule has 2 N–H and O–H groups in total. The van der Waals surface area contributed by atoms with Gasteiger partial charge in [-0.25, -0.2) is 8.42 Å². The van der Waals surface area contributed by atoms with Gasteiger partial charge in [0.05, 0.1) is 17.2 Å². The standard InChI is InChI=1S/C17H22BrN3O2S2/c1-2-19-17(20-10-9-15-4-3-12-24-15)21-11-13-25(22,23)16-7-5-14(18)6-8-16/h3-8,12H,2,9-11,13H2,1H3,(H2,19,20,21). The van der Waals surface area contributed by atoms with Gasteiger partial charge in [-0.3, -0.25) is 4.99 Å². The van der Waals surface area contributed by atoms with Crippen LogP contribution < -0.4 is 10.6 Å². The molecule has 0 spiro atoms. The normalized spacial score (nSPS) is 12.2. The Balaban J connectivity index is 1.88. The van der Waals surface area contributed by atoms with Crippen LogP contribution in [0, 0.1) is 0 Å². The van der Waals surface area contributed by atoms with Crippen LogP contribution in [-0.4, -0.2) is 39.8 Å². The van der Waals surface area contributed by atoms with E-state index in [1.165, 1.54) is 4.88 Å². The summed E-state index contributed by atoms with van der Waals surface area (Å²) >= 11 is 5.03. The average Bonchev–Trinajstić information content (AvgIpc) is 3.08. The van der Waals surface area contributed by atoms with Gasteiger partial charge < -0.3 is 10.6 Å². The number of nitrogens with one attached hydrogen (secondary N) is 2. The first-order valence-electron chi connectivity index (χ1n) is 8.04. The van der Waals surface area contributed by atoms with Crippen LogP contribution in [0.15, 0.2) is 56.1 Å². The van der Waals surface area contributed by atoms with Crippen molar-refractivity contribution in [3.8, 4) is 0 Å². The maximum absolute atomic E-state index is 12.3. The van der Waals surface area contributed by atoms with Crippen molar-refractivity contribution in [3.05, 3.63) is 51.1 Å². The predicted molar refractivity (Wildman–Crippen MR) is 108 cm³/mol.